The molecule has 0 amide bonds. The average molecular weight is 273 g/mol. The van der Waals surface area contributed by atoms with Crippen LogP contribution in [0.3, 0.4) is 0 Å². The average Bonchev–Trinajstić information content (AvgIpc) is 2.96. The number of phenols is 1. The van der Waals surface area contributed by atoms with Crippen LogP contribution in [0.2, 0.25) is 0 Å². The van der Waals surface area contributed by atoms with E-state index in [1.54, 1.807) is 0 Å². The maximum Gasteiger partial charge on any atom is 0.433 e. The Morgan fingerprint density at radius 3 is 2.75 bits per heavy atom. The zero-order chi connectivity index (χ0) is 14.3. The van der Waals surface area contributed by atoms with Crippen LogP contribution >= 0.6 is 0 Å². The summed E-state index contributed by atoms with van der Waals surface area (Å²) in [5.41, 5.74) is 0.315. The number of hydrogen-bond acceptors (Lipinski definition) is 6. The molecule has 2 heterocycles. The van der Waals surface area contributed by atoms with Crippen LogP contribution in [-0.4, -0.2) is 15.8 Å². The zero-order valence-electron chi connectivity index (χ0n) is 9.90. The van der Waals surface area contributed by atoms with Gasteiger partial charge in [0.1, 0.15) is 22.2 Å². The highest BCUT2D eigenvalue weighted by atomic mass is 16.6. The monoisotopic (exact) mass is 273 g/mol. The first-order valence-electron chi connectivity index (χ1n) is 5.56. The van der Waals surface area contributed by atoms with Crippen molar-refractivity contribution in [2.45, 2.75) is 0 Å². The standard InChI is InChI=1S/C13H7NO6/c15-7-1-3-9-10(5-7)20-11(13(9)16)6-8-2-4-12(19-8)14(17)18/h1-6,15H/b11-6-. The Kier molecular flexibility index (Phi) is 2.53. The van der Waals surface area contributed by atoms with Gasteiger partial charge in [-0.05, 0) is 18.2 Å². The van der Waals surface area contributed by atoms with Crippen molar-refractivity contribution in [1.29, 1.82) is 0 Å². The summed E-state index contributed by atoms with van der Waals surface area (Å²) >= 11 is 0. The van der Waals surface area contributed by atoms with E-state index in [0.717, 1.165) is 0 Å². The lowest BCUT2D eigenvalue weighted by molar-refractivity contribution is -0.402. The first-order chi connectivity index (χ1) is 9.54. The summed E-state index contributed by atoms with van der Waals surface area (Å²) in [7, 11) is 0. The lowest BCUT2D eigenvalue weighted by atomic mass is 10.1. The number of carbonyl (C=O) groups excluding carboxylic acids is 1. The molecule has 1 N–H and O–H groups in total. The minimum atomic E-state index is -0.674. The second kappa shape index (κ2) is 4.23. The summed E-state index contributed by atoms with van der Waals surface area (Å²) in [4.78, 5) is 21.8. The molecule has 0 saturated heterocycles. The maximum absolute atomic E-state index is 12.0. The molecule has 1 aliphatic heterocycles. The molecule has 1 aromatic heterocycles. The van der Waals surface area contributed by atoms with E-state index in [0.29, 0.717) is 5.56 Å². The molecular weight excluding hydrogens is 266 g/mol. The van der Waals surface area contributed by atoms with Crippen molar-refractivity contribution in [2.24, 2.45) is 0 Å². The van der Waals surface area contributed by atoms with E-state index in [2.05, 4.69) is 0 Å². The molecule has 0 fully saturated rings. The summed E-state index contributed by atoms with van der Waals surface area (Å²) in [6.07, 6.45) is 1.27. The molecule has 1 aliphatic rings. The lowest BCUT2D eigenvalue weighted by Crippen LogP contribution is -1.97. The van der Waals surface area contributed by atoms with Gasteiger partial charge in [0, 0.05) is 12.1 Å². The summed E-state index contributed by atoms with van der Waals surface area (Å²) in [6.45, 7) is 0. The Balaban J connectivity index is 1.94. The molecule has 1 aromatic carbocycles. The molecule has 7 heteroatoms. The molecule has 0 radical (unpaired) electrons. The van der Waals surface area contributed by atoms with E-state index in [9.17, 15) is 20.0 Å². The van der Waals surface area contributed by atoms with Crippen LogP contribution in [0.5, 0.6) is 11.5 Å². The Bertz CT molecular complexity index is 758. The third kappa shape index (κ3) is 1.91. The number of furan rings is 1. The minimum Gasteiger partial charge on any atom is -0.508 e. The molecule has 0 atom stereocenters. The maximum atomic E-state index is 12.0. The second-order valence-electron chi connectivity index (χ2n) is 4.05. The zero-order valence-corrected chi connectivity index (χ0v) is 9.90. The lowest BCUT2D eigenvalue weighted by Gasteiger charge is -1.97. The highest BCUT2D eigenvalue weighted by Crippen LogP contribution is 2.34. The normalized spacial score (nSPS) is 15.2. The summed E-state index contributed by atoms with van der Waals surface area (Å²) in [5.74, 6) is -0.461. The highest BCUT2D eigenvalue weighted by molar-refractivity contribution is 6.14. The van der Waals surface area contributed by atoms with E-state index in [1.807, 2.05) is 0 Å². The fraction of sp³-hybridized carbons (Fsp3) is 0. The van der Waals surface area contributed by atoms with E-state index >= 15 is 0 Å². The van der Waals surface area contributed by atoms with E-state index in [4.69, 9.17) is 9.15 Å². The molecular formula is C13H7NO6. The molecule has 0 aliphatic carbocycles. The fourth-order valence-corrected chi connectivity index (χ4v) is 1.82. The van der Waals surface area contributed by atoms with Gasteiger partial charge >= 0.3 is 5.88 Å². The Morgan fingerprint density at radius 2 is 2.05 bits per heavy atom. The number of rotatable bonds is 2. The molecule has 0 bridgehead atoms. The SMILES string of the molecule is O=C1/C(=C/c2ccc([N+](=O)[O-])o2)Oc2cc(O)ccc21. The summed E-state index contributed by atoms with van der Waals surface area (Å²) < 4.78 is 10.2. The predicted octanol–water partition coefficient (Wildman–Crippen LogP) is 2.51. The molecule has 0 unspecified atom stereocenters. The van der Waals surface area contributed by atoms with Crippen LogP contribution < -0.4 is 4.74 Å². The predicted molar refractivity (Wildman–Crippen MR) is 66.4 cm³/mol. The van der Waals surface area contributed by atoms with E-state index in [1.165, 1.54) is 36.4 Å². The number of phenolic OH excluding ortho intramolecular Hbond substituents is 1. The quantitative estimate of drug-likeness (QED) is 0.512. The number of hydrogen-bond donors (Lipinski definition) is 1. The third-order valence-corrected chi connectivity index (χ3v) is 2.72. The Morgan fingerprint density at radius 1 is 1.25 bits per heavy atom. The molecule has 0 spiro atoms. The van der Waals surface area contributed by atoms with Gasteiger partial charge in [-0.3, -0.25) is 14.9 Å². The van der Waals surface area contributed by atoms with Crippen molar-refractivity contribution < 1.29 is 24.0 Å². The van der Waals surface area contributed by atoms with Gasteiger partial charge in [0.25, 0.3) is 0 Å². The number of ketones is 1. The Hall–Kier alpha value is -3.09. The number of benzene rings is 1. The largest absolute Gasteiger partial charge is 0.508 e. The van der Waals surface area contributed by atoms with Crippen LogP contribution in [0.15, 0.2) is 40.5 Å². The first-order valence-corrected chi connectivity index (χ1v) is 5.56. The van der Waals surface area contributed by atoms with Crippen molar-refractivity contribution in [2.75, 3.05) is 0 Å². The van der Waals surface area contributed by atoms with Crippen molar-refractivity contribution in [3.63, 3.8) is 0 Å². The van der Waals surface area contributed by atoms with Crippen molar-refractivity contribution in [3.8, 4) is 11.5 Å². The third-order valence-electron chi connectivity index (χ3n) is 2.72. The molecule has 7 nitrogen and oxygen atoms in total. The summed E-state index contributed by atoms with van der Waals surface area (Å²) in [6, 6.07) is 6.69. The van der Waals surface area contributed by atoms with Crippen LogP contribution in [-0.2, 0) is 0 Å². The number of nitrogens with zero attached hydrogens (tertiary/aromatic N) is 1. The van der Waals surface area contributed by atoms with Gasteiger partial charge < -0.3 is 14.3 Å². The van der Waals surface area contributed by atoms with Crippen LogP contribution in [0.25, 0.3) is 6.08 Å². The highest BCUT2D eigenvalue weighted by Gasteiger charge is 2.28. The topological polar surface area (TPSA) is 103 Å². The number of fused-ring (bicyclic) bond motifs is 1. The summed E-state index contributed by atoms with van der Waals surface area (Å²) in [5, 5.41) is 19.8. The molecule has 100 valence electrons. The molecule has 2 aromatic rings. The van der Waals surface area contributed by atoms with Crippen molar-refractivity contribution in [1.82, 2.24) is 0 Å². The number of Topliss-reactive ketones (excluding diaryl/α,β-unsaturated/α-hetero) is 1. The van der Waals surface area contributed by atoms with Gasteiger partial charge in [0.05, 0.1) is 11.6 Å². The van der Waals surface area contributed by atoms with Gasteiger partial charge in [-0.2, -0.15) is 0 Å². The van der Waals surface area contributed by atoms with Gasteiger partial charge in [-0.25, -0.2) is 0 Å². The Labute approximate surface area is 111 Å². The smallest absolute Gasteiger partial charge is 0.433 e. The number of ether oxygens (including phenoxy) is 1. The van der Waals surface area contributed by atoms with Crippen molar-refractivity contribution >= 4 is 17.7 Å². The van der Waals surface area contributed by atoms with Crippen LogP contribution in [0.4, 0.5) is 5.88 Å². The van der Waals surface area contributed by atoms with Gasteiger partial charge in [-0.15, -0.1) is 0 Å². The van der Waals surface area contributed by atoms with Gasteiger partial charge in [0.15, 0.2) is 5.76 Å². The van der Waals surface area contributed by atoms with Crippen LogP contribution in [0.1, 0.15) is 16.1 Å². The molecule has 3 rings (SSSR count). The molecule has 20 heavy (non-hydrogen) atoms. The van der Waals surface area contributed by atoms with Gasteiger partial charge in [0.2, 0.25) is 5.78 Å². The van der Waals surface area contributed by atoms with Crippen LogP contribution in [0, 0.1) is 10.1 Å². The minimum absolute atomic E-state index is 0.0187. The number of carbonyl (C=O) groups is 1. The van der Waals surface area contributed by atoms with Crippen molar-refractivity contribution in [3.05, 3.63) is 57.5 Å². The second-order valence-corrected chi connectivity index (χ2v) is 4.05. The van der Waals surface area contributed by atoms with Gasteiger partial charge in [-0.1, -0.05) is 0 Å². The number of nitro groups is 1. The number of aromatic hydroxyl groups is 1. The van der Waals surface area contributed by atoms with E-state index < -0.39 is 10.8 Å². The number of allylic oxidation sites excluding steroid dienone is 1. The van der Waals surface area contributed by atoms with E-state index in [-0.39, 0.29) is 28.8 Å². The fourth-order valence-electron chi connectivity index (χ4n) is 1.82. The molecule has 0 saturated carbocycles. The first kappa shape index (κ1) is 12.0.